The summed E-state index contributed by atoms with van der Waals surface area (Å²) in [6.07, 6.45) is 4.10. The molecule has 0 saturated carbocycles. The van der Waals surface area contributed by atoms with Gasteiger partial charge in [0.15, 0.2) is 0 Å². The van der Waals surface area contributed by atoms with Crippen molar-refractivity contribution in [3.63, 3.8) is 0 Å². The third kappa shape index (κ3) is 2.84. The number of aliphatic hydroxyl groups excluding tert-OH is 1. The van der Waals surface area contributed by atoms with E-state index in [0.29, 0.717) is 5.92 Å². The summed E-state index contributed by atoms with van der Waals surface area (Å²) in [4.78, 5) is 0. The van der Waals surface area contributed by atoms with E-state index >= 15 is 0 Å². The van der Waals surface area contributed by atoms with Crippen LogP contribution in [0.1, 0.15) is 38.9 Å². The van der Waals surface area contributed by atoms with Gasteiger partial charge >= 0.3 is 0 Å². The molecular weight excluding hydrogens is 164 g/mol. The highest BCUT2D eigenvalue weighted by Gasteiger charge is 2.11. The summed E-state index contributed by atoms with van der Waals surface area (Å²) in [5.41, 5.74) is 0.926. The smallest absolute Gasteiger partial charge is 0.0823 e. The van der Waals surface area contributed by atoms with Gasteiger partial charge in [-0.1, -0.05) is 13.8 Å². The Morgan fingerprint density at radius 3 is 2.69 bits per heavy atom. The Kier molecular flexibility index (Phi) is 3.48. The molecule has 0 bridgehead atoms. The highest BCUT2D eigenvalue weighted by atomic mass is 16.3. The van der Waals surface area contributed by atoms with E-state index in [9.17, 15) is 5.11 Å². The molecule has 3 nitrogen and oxygen atoms in total. The molecule has 0 aliphatic heterocycles. The van der Waals surface area contributed by atoms with Gasteiger partial charge in [-0.25, -0.2) is 0 Å². The molecule has 1 aromatic heterocycles. The molecule has 0 spiro atoms. The van der Waals surface area contributed by atoms with Crippen LogP contribution in [0, 0.1) is 5.92 Å². The molecule has 0 aliphatic carbocycles. The Balaban J connectivity index is 2.60. The second-order valence-electron chi connectivity index (χ2n) is 3.77. The summed E-state index contributed by atoms with van der Waals surface area (Å²) in [6.45, 7) is 7.10. The van der Waals surface area contributed by atoms with E-state index in [2.05, 4.69) is 18.9 Å². The highest BCUT2D eigenvalue weighted by molar-refractivity contribution is 5.07. The molecule has 0 fully saturated rings. The molecule has 1 atom stereocenters. The van der Waals surface area contributed by atoms with Crippen LogP contribution >= 0.6 is 0 Å². The van der Waals surface area contributed by atoms with Crippen molar-refractivity contribution < 1.29 is 5.11 Å². The van der Waals surface area contributed by atoms with Crippen molar-refractivity contribution in [3.05, 3.63) is 18.0 Å². The lowest BCUT2D eigenvalue weighted by atomic mass is 10.0. The first-order chi connectivity index (χ1) is 6.13. The molecule has 1 rings (SSSR count). The minimum atomic E-state index is -0.361. The number of nitrogens with zero attached hydrogens (tertiary/aromatic N) is 2. The summed E-state index contributed by atoms with van der Waals surface area (Å²) < 4.78 is 1.83. The standard InChI is InChI=1S/C10H18N2O/c1-4-12-7-9(6-11-12)10(13)5-8(2)3/h6-8,10,13H,4-5H2,1-3H3. The van der Waals surface area contributed by atoms with Crippen molar-refractivity contribution in [3.8, 4) is 0 Å². The Morgan fingerprint density at radius 1 is 1.54 bits per heavy atom. The van der Waals surface area contributed by atoms with Crippen LogP contribution in [-0.2, 0) is 6.54 Å². The molecule has 0 aromatic carbocycles. The molecular formula is C10H18N2O. The molecule has 1 unspecified atom stereocenters. The van der Waals surface area contributed by atoms with Gasteiger partial charge in [-0.15, -0.1) is 0 Å². The fraction of sp³-hybridized carbons (Fsp3) is 0.700. The van der Waals surface area contributed by atoms with Gasteiger partial charge in [-0.2, -0.15) is 5.10 Å². The maximum absolute atomic E-state index is 9.75. The SMILES string of the molecule is CCn1cc(C(O)CC(C)C)cn1. The first-order valence-electron chi connectivity index (χ1n) is 4.84. The summed E-state index contributed by atoms with van der Waals surface area (Å²) in [7, 11) is 0. The van der Waals surface area contributed by atoms with Gasteiger partial charge in [0.2, 0.25) is 0 Å². The second-order valence-corrected chi connectivity index (χ2v) is 3.77. The third-order valence-corrected chi connectivity index (χ3v) is 2.06. The molecule has 3 heteroatoms. The van der Waals surface area contributed by atoms with Gasteiger partial charge < -0.3 is 5.11 Å². The lowest BCUT2D eigenvalue weighted by molar-refractivity contribution is 0.151. The number of aliphatic hydroxyl groups is 1. The maximum atomic E-state index is 9.75. The average Bonchev–Trinajstić information content (AvgIpc) is 2.50. The predicted octanol–water partition coefficient (Wildman–Crippen LogP) is 1.98. The lowest BCUT2D eigenvalue weighted by Gasteiger charge is -2.10. The fourth-order valence-electron chi connectivity index (χ4n) is 1.31. The molecule has 0 radical (unpaired) electrons. The van der Waals surface area contributed by atoms with E-state index in [1.165, 1.54) is 0 Å². The van der Waals surface area contributed by atoms with Crippen LogP contribution in [0.5, 0.6) is 0 Å². The zero-order valence-electron chi connectivity index (χ0n) is 8.57. The first kappa shape index (κ1) is 10.3. The van der Waals surface area contributed by atoms with E-state index in [0.717, 1.165) is 18.5 Å². The first-order valence-corrected chi connectivity index (χ1v) is 4.84. The van der Waals surface area contributed by atoms with Gasteiger partial charge in [0, 0.05) is 18.3 Å². The minimum absolute atomic E-state index is 0.361. The summed E-state index contributed by atoms with van der Waals surface area (Å²) in [5.74, 6) is 0.514. The van der Waals surface area contributed by atoms with Gasteiger partial charge in [-0.05, 0) is 19.3 Å². The van der Waals surface area contributed by atoms with E-state index < -0.39 is 0 Å². The van der Waals surface area contributed by atoms with Crippen LogP contribution in [0.2, 0.25) is 0 Å². The Labute approximate surface area is 79.4 Å². The monoisotopic (exact) mass is 182 g/mol. The molecule has 1 heterocycles. The van der Waals surface area contributed by atoms with E-state index in [4.69, 9.17) is 0 Å². The zero-order valence-corrected chi connectivity index (χ0v) is 8.57. The van der Waals surface area contributed by atoms with Gasteiger partial charge in [-0.3, -0.25) is 4.68 Å². The quantitative estimate of drug-likeness (QED) is 0.773. The molecule has 0 amide bonds. The van der Waals surface area contributed by atoms with E-state index in [1.807, 2.05) is 17.8 Å². The van der Waals surface area contributed by atoms with Crippen molar-refractivity contribution in [2.24, 2.45) is 5.92 Å². The molecule has 74 valence electrons. The van der Waals surface area contributed by atoms with Gasteiger partial charge in [0.25, 0.3) is 0 Å². The van der Waals surface area contributed by atoms with Crippen molar-refractivity contribution in [1.82, 2.24) is 9.78 Å². The largest absolute Gasteiger partial charge is 0.388 e. The third-order valence-electron chi connectivity index (χ3n) is 2.06. The lowest BCUT2D eigenvalue weighted by Crippen LogP contribution is -2.00. The van der Waals surface area contributed by atoms with Gasteiger partial charge in [0.05, 0.1) is 12.3 Å². The van der Waals surface area contributed by atoms with Crippen molar-refractivity contribution >= 4 is 0 Å². The predicted molar refractivity (Wildman–Crippen MR) is 52.3 cm³/mol. The van der Waals surface area contributed by atoms with Crippen LogP contribution in [0.4, 0.5) is 0 Å². The normalized spacial score (nSPS) is 13.6. The Morgan fingerprint density at radius 2 is 2.23 bits per heavy atom. The van der Waals surface area contributed by atoms with Crippen LogP contribution in [-0.4, -0.2) is 14.9 Å². The zero-order chi connectivity index (χ0) is 9.84. The van der Waals surface area contributed by atoms with E-state index in [-0.39, 0.29) is 6.10 Å². The number of hydrogen-bond acceptors (Lipinski definition) is 2. The molecule has 0 aliphatic rings. The van der Waals surface area contributed by atoms with Crippen LogP contribution in [0.15, 0.2) is 12.4 Å². The van der Waals surface area contributed by atoms with Crippen molar-refractivity contribution in [1.29, 1.82) is 0 Å². The van der Waals surface area contributed by atoms with Crippen LogP contribution in [0.25, 0.3) is 0 Å². The van der Waals surface area contributed by atoms with Crippen molar-refractivity contribution in [2.75, 3.05) is 0 Å². The maximum Gasteiger partial charge on any atom is 0.0823 e. The minimum Gasteiger partial charge on any atom is -0.388 e. The molecule has 1 aromatic rings. The van der Waals surface area contributed by atoms with Crippen molar-refractivity contribution in [2.45, 2.75) is 39.8 Å². The number of hydrogen-bond donors (Lipinski definition) is 1. The fourth-order valence-corrected chi connectivity index (χ4v) is 1.31. The molecule has 13 heavy (non-hydrogen) atoms. The van der Waals surface area contributed by atoms with Crippen LogP contribution in [0.3, 0.4) is 0 Å². The van der Waals surface area contributed by atoms with Gasteiger partial charge in [0.1, 0.15) is 0 Å². The Bertz CT molecular complexity index is 255. The topological polar surface area (TPSA) is 38.0 Å². The number of rotatable bonds is 4. The second kappa shape index (κ2) is 4.42. The highest BCUT2D eigenvalue weighted by Crippen LogP contribution is 2.19. The summed E-state index contributed by atoms with van der Waals surface area (Å²) >= 11 is 0. The molecule has 0 saturated heterocycles. The summed E-state index contributed by atoms with van der Waals surface area (Å²) in [5, 5.41) is 13.9. The number of aromatic nitrogens is 2. The Hall–Kier alpha value is -0.830. The summed E-state index contributed by atoms with van der Waals surface area (Å²) in [6, 6.07) is 0. The van der Waals surface area contributed by atoms with Crippen LogP contribution < -0.4 is 0 Å². The average molecular weight is 182 g/mol. The molecule has 1 N–H and O–H groups in total. The number of aryl methyl sites for hydroxylation is 1. The van der Waals surface area contributed by atoms with E-state index in [1.54, 1.807) is 6.20 Å².